The normalized spacial score (nSPS) is 11.2. The van der Waals surface area contributed by atoms with E-state index in [1.807, 2.05) is 52.2 Å². The van der Waals surface area contributed by atoms with Crippen LogP contribution in [0.25, 0.3) is 10.2 Å². The molecule has 0 N–H and O–H groups in total. The molecule has 0 saturated heterocycles. The number of rotatable bonds is 6. The van der Waals surface area contributed by atoms with E-state index < -0.39 is 0 Å². The van der Waals surface area contributed by atoms with Gasteiger partial charge in [-0.1, -0.05) is 23.5 Å². The number of likely N-dealkylation sites (N-methyl/N-ethyl adjacent to an activating group) is 1. The molecule has 1 aromatic carbocycles. The van der Waals surface area contributed by atoms with Crippen molar-refractivity contribution in [2.75, 3.05) is 32.1 Å². The molecule has 0 atom stereocenters. The third kappa shape index (κ3) is 4.23. The van der Waals surface area contributed by atoms with Gasteiger partial charge in [-0.3, -0.25) is 14.4 Å². The molecule has 8 heteroatoms. The van der Waals surface area contributed by atoms with Crippen LogP contribution in [0.3, 0.4) is 0 Å². The number of benzene rings is 1. The SMILES string of the molecule is CC(C)n1nccc1C(=O)N(CCN(C)C)c1nc2ccccc2s1.Cl. The number of carbonyl (C=O) groups is 1. The van der Waals surface area contributed by atoms with E-state index >= 15 is 0 Å². The topological polar surface area (TPSA) is 54.3 Å². The average molecular weight is 394 g/mol. The molecule has 3 aromatic rings. The van der Waals surface area contributed by atoms with E-state index in [4.69, 9.17) is 0 Å². The maximum atomic E-state index is 13.2. The highest BCUT2D eigenvalue weighted by Crippen LogP contribution is 2.29. The minimum Gasteiger partial charge on any atom is -0.308 e. The van der Waals surface area contributed by atoms with Crippen LogP contribution in [0.1, 0.15) is 30.4 Å². The molecule has 6 nitrogen and oxygen atoms in total. The Bertz CT molecular complexity index is 840. The minimum absolute atomic E-state index is 0. The summed E-state index contributed by atoms with van der Waals surface area (Å²) < 4.78 is 2.84. The molecule has 26 heavy (non-hydrogen) atoms. The van der Waals surface area contributed by atoms with Crippen molar-refractivity contribution in [3.8, 4) is 0 Å². The summed E-state index contributed by atoms with van der Waals surface area (Å²) >= 11 is 1.54. The van der Waals surface area contributed by atoms with Crippen molar-refractivity contribution in [2.24, 2.45) is 0 Å². The van der Waals surface area contributed by atoms with Gasteiger partial charge in [0.2, 0.25) is 0 Å². The van der Waals surface area contributed by atoms with Crippen molar-refractivity contribution in [2.45, 2.75) is 19.9 Å². The van der Waals surface area contributed by atoms with Crippen molar-refractivity contribution in [3.05, 3.63) is 42.2 Å². The standard InChI is InChI=1S/C18H23N5OS.ClH/c1-13(2)23-15(9-10-19-23)17(24)22(12-11-21(3)4)18-20-14-7-5-6-8-16(14)25-18;/h5-10,13H,11-12H2,1-4H3;1H. The molecule has 0 fully saturated rings. The van der Waals surface area contributed by atoms with Crippen LogP contribution in [0.5, 0.6) is 0 Å². The zero-order valence-corrected chi connectivity index (χ0v) is 17.0. The summed E-state index contributed by atoms with van der Waals surface area (Å²) in [5, 5.41) is 5.02. The summed E-state index contributed by atoms with van der Waals surface area (Å²) in [6.45, 7) is 5.38. The van der Waals surface area contributed by atoms with Crippen molar-refractivity contribution in [1.82, 2.24) is 19.7 Å². The molecule has 2 heterocycles. The first-order valence-corrected chi connectivity index (χ1v) is 9.14. The summed E-state index contributed by atoms with van der Waals surface area (Å²) in [6.07, 6.45) is 1.68. The van der Waals surface area contributed by atoms with Crippen LogP contribution in [0.15, 0.2) is 36.5 Å². The van der Waals surface area contributed by atoms with Crippen LogP contribution in [0.2, 0.25) is 0 Å². The van der Waals surface area contributed by atoms with Gasteiger partial charge in [0.05, 0.1) is 10.2 Å². The van der Waals surface area contributed by atoms with Gasteiger partial charge >= 0.3 is 0 Å². The highest BCUT2D eigenvalue weighted by Gasteiger charge is 2.24. The number of amides is 1. The number of hydrogen-bond acceptors (Lipinski definition) is 5. The molecule has 0 spiro atoms. The van der Waals surface area contributed by atoms with E-state index in [1.165, 1.54) is 0 Å². The van der Waals surface area contributed by atoms with E-state index in [9.17, 15) is 4.79 Å². The molecule has 1 amide bonds. The monoisotopic (exact) mass is 393 g/mol. The molecule has 140 valence electrons. The molecule has 0 aliphatic heterocycles. The van der Waals surface area contributed by atoms with E-state index in [0.29, 0.717) is 12.2 Å². The van der Waals surface area contributed by atoms with Crippen LogP contribution < -0.4 is 4.90 Å². The Labute approximate surface area is 163 Å². The largest absolute Gasteiger partial charge is 0.308 e. The fourth-order valence-corrected chi connectivity index (χ4v) is 3.58. The lowest BCUT2D eigenvalue weighted by Gasteiger charge is -2.22. The lowest BCUT2D eigenvalue weighted by molar-refractivity contribution is 0.0973. The first kappa shape index (κ1) is 20.4. The van der Waals surface area contributed by atoms with E-state index in [2.05, 4.69) is 15.0 Å². The Morgan fingerprint density at radius 3 is 2.58 bits per heavy atom. The summed E-state index contributed by atoms with van der Waals surface area (Å²) in [6, 6.07) is 9.86. The number of carbonyl (C=O) groups excluding carboxylic acids is 1. The van der Waals surface area contributed by atoms with Gasteiger partial charge in [-0.2, -0.15) is 5.10 Å². The highest BCUT2D eigenvalue weighted by molar-refractivity contribution is 7.22. The third-order valence-electron chi connectivity index (χ3n) is 3.91. The summed E-state index contributed by atoms with van der Waals surface area (Å²) in [5.74, 6) is -0.0629. The lowest BCUT2D eigenvalue weighted by atomic mass is 10.3. The number of para-hydroxylation sites is 1. The van der Waals surface area contributed by atoms with Crippen LogP contribution in [-0.2, 0) is 0 Å². The van der Waals surface area contributed by atoms with Gasteiger partial charge in [-0.15, -0.1) is 12.4 Å². The number of hydrogen-bond donors (Lipinski definition) is 0. The number of aromatic nitrogens is 3. The zero-order valence-electron chi connectivity index (χ0n) is 15.4. The van der Waals surface area contributed by atoms with Crippen LogP contribution in [-0.4, -0.2) is 52.8 Å². The Morgan fingerprint density at radius 2 is 1.92 bits per heavy atom. The van der Waals surface area contributed by atoms with Crippen LogP contribution >= 0.6 is 23.7 Å². The molecular formula is C18H24ClN5OS. The first-order chi connectivity index (χ1) is 12.0. The van der Waals surface area contributed by atoms with Crippen LogP contribution in [0, 0.1) is 0 Å². The number of thiazole rings is 1. The molecule has 0 unspecified atom stereocenters. The van der Waals surface area contributed by atoms with E-state index in [1.54, 1.807) is 33.2 Å². The predicted octanol–water partition coefficient (Wildman–Crippen LogP) is 3.70. The quantitative estimate of drug-likeness (QED) is 0.640. The molecule has 0 aliphatic rings. The Kier molecular flexibility index (Phi) is 6.75. The van der Waals surface area contributed by atoms with Crippen LogP contribution in [0.4, 0.5) is 5.13 Å². The first-order valence-electron chi connectivity index (χ1n) is 8.33. The van der Waals surface area contributed by atoms with Gasteiger partial charge in [0, 0.05) is 25.3 Å². The summed E-state index contributed by atoms with van der Waals surface area (Å²) in [5.41, 5.74) is 1.51. The van der Waals surface area contributed by atoms with Gasteiger partial charge in [-0.05, 0) is 46.1 Å². The lowest BCUT2D eigenvalue weighted by Crippen LogP contribution is -2.38. The Hall–Kier alpha value is -1.96. The number of halogens is 1. The highest BCUT2D eigenvalue weighted by atomic mass is 35.5. The van der Waals surface area contributed by atoms with Crippen molar-refractivity contribution >= 4 is 45.0 Å². The number of anilines is 1. The van der Waals surface area contributed by atoms with Gasteiger partial charge in [0.1, 0.15) is 5.69 Å². The van der Waals surface area contributed by atoms with Crippen molar-refractivity contribution < 1.29 is 4.79 Å². The molecule has 0 aliphatic carbocycles. The second kappa shape index (κ2) is 8.62. The Morgan fingerprint density at radius 1 is 1.19 bits per heavy atom. The van der Waals surface area contributed by atoms with Gasteiger partial charge in [0.25, 0.3) is 5.91 Å². The van der Waals surface area contributed by atoms with Gasteiger partial charge in [-0.25, -0.2) is 4.98 Å². The smallest absolute Gasteiger partial charge is 0.278 e. The maximum Gasteiger partial charge on any atom is 0.278 e. The van der Waals surface area contributed by atoms with E-state index in [0.717, 1.165) is 21.9 Å². The Balaban J connectivity index is 0.00000243. The molecule has 0 saturated carbocycles. The fraction of sp³-hybridized carbons (Fsp3) is 0.389. The van der Waals surface area contributed by atoms with Crippen molar-refractivity contribution in [1.29, 1.82) is 0 Å². The molecule has 2 aromatic heterocycles. The number of nitrogens with zero attached hydrogens (tertiary/aromatic N) is 5. The minimum atomic E-state index is -0.0629. The average Bonchev–Trinajstić information content (AvgIpc) is 3.21. The molecule has 0 radical (unpaired) electrons. The van der Waals surface area contributed by atoms with Gasteiger partial charge in [0.15, 0.2) is 5.13 Å². The number of fused-ring (bicyclic) bond motifs is 1. The zero-order chi connectivity index (χ0) is 18.0. The van der Waals surface area contributed by atoms with Crippen molar-refractivity contribution in [3.63, 3.8) is 0 Å². The predicted molar refractivity (Wildman–Crippen MR) is 110 cm³/mol. The molecule has 3 rings (SSSR count). The second-order valence-electron chi connectivity index (χ2n) is 6.48. The fourth-order valence-electron chi connectivity index (χ4n) is 2.59. The molecule has 0 bridgehead atoms. The second-order valence-corrected chi connectivity index (χ2v) is 7.49. The maximum absolute atomic E-state index is 13.2. The molecular weight excluding hydrogens is 370 g/mol. The third-order valence-corrected chi connectivity index (χ3v) is 4.97. The van der Waals surface area contributed by atoms with E-state index in [-0.39, 0.29) is 24.4 Å². The van der Waals surface area contributed by atoms with Gasteiger partial charge < -0.3 is 4.90 Å². The summed E-state index contributed by atoms with van der Waals surface area (Å²) in [7, 11) is 4.00. The summed E-state index contributed by atoms with van der Waals surface area (Å²) in [4.78, 5) is 21.7.